The third kappa shape index (κ3) is 2.09. The minimum atomic E-state index is -0.196. The molecule has 0 radical (unpaired) electrons. The standard InChI is InChI=1S/C16H20O3/c1-16(2,3)12-14(18-4)11-9-7-6-8-10(11)13(17)15(12)19-5/h6-9,17H,1-5H3. The molecule has 0 atom stereocenters. The van der Waals surface area contributed by atoms with Gasteiger partial charge in [0.25, 0.3) is 0 Å². The summed E-state index contributed by atoms with van der Waals surface area (Å²) in [4.78, 5) is 0. The van der Waals surface area contributed by atoms with Crippen molar-refractivity contribution in [3.63, 3.8) is 0 Å². The van der Waals surface area contributed by atoms with E-state index in [1.54, 1.807) is 14.2 Å². The van der Waals surface area contributed by atoms with Gasteiger partial charge < -0.3 is 14.6 Å². The van der Waals surface area contributed by atoms with E-state index < -0.39 is 0 Å². The second-order valence-corrected chi connectivity index (χ2v) is 5.59. The Morgan fingerprint density at radius 1 is 0.895 bits per heavy atom. The Bertz CT molecular complexity index is 609. The Kier molecular flexibility index (Phi) is 3.31. The van der Waals surface area contributed by atoms with Crippen LogP contribution < -0.4 is 9.47 Å². The molecule has 2 rings (SSSR count). The van der Waals surface area contributed by atoms with Gasteiger partial charge in [-0.15, -0.1) is 0 Å². The molecule has 0 aliphatic heterocycles. The average molecular weight is 260 g/mol. The molecule has 0 aliphatic carbocycles. The molecule has 0 aromatic heterocycles. The third-order valence-electron chi connectivity index (χ3n) is 3.25. The first kappa shape index (κ1) is 13.5. The lowest BCUT2D eigenvalue weighted by Gasteiger charge is -2.26. The summed E-state index contributed by atoms with van der Waals surface area (Å²) in [5, 5.41) is 12.1. The number of ether oxygens (including phenoxy) is 2. The first-order chi connectivity index (χ1) is 8.91. The van der Waals surface area contributed by atoms with Gasteiger partial charge in [0.15, 0.2) is 11.5 Å². The Morgan fingerprint density at radius 2 is 1.42 bits per heavy atom. The molecule has 0 aliphatic rings. The fraction of sp³-hybridized carbons (Fsp3) is 0.375. The van der Waals surface area contributed by atoms with Crippen molar-refractivity contribution in [1.82, 2.24) is 0 Å². The van der Waals surface area contributed by atoms with Gasteiger partial charge in [0.2, 0.25) is 0 Å². The van der Waals surface area contributed by atoms with Gasteiger partial charge in [-0.05, 0) is 5.41 Å². The zero-order valence-corrected chi connectivity index (χ0v) is 12.1. The van der Waals surface area contributed by atoms with Gasteiger partial charge >= 0.3 is 0 Å². The van der Waals surface area contributed by atoms with E-state index in [0.29, 0.717) is 5.75 Å². The van der Waals surface area contributed by atoms with Crippen LogP contribution in [0.5, 0.6) is 17.2 Å². The predicted molar refractivity (Wildman–Crippen MR) is 77.4 cm³/mol. The van der Waals surface area contributed by atoms with E-state index in [4.69, 9.17) is 9.47 Å². The molecule has 19 heavy (non-hydrogen) atoms. The van der Waals surface area contributed by atoms with Gasteiger partial charge in [0.1, 0.15) is 5.75 Å². The molecule has 0 amide bonds. The smallest absolute Gasteiger partial charge is 0.168 e. The molecule has 3 nitrogen and oxygen atoms in total. The monoisotopic (exact) mass is 260 g/mol. The summed E-state index contributed by atoms with van der Waals surface area (Å²) < 4.78 is 11.0. The normalized spacial score (nSPS) is 11.6. The minimum absolute atomic E-state index is 0.170. The maximum Gasteiger partial charge on any atom is 0.168 e. The molecular formula is C16H20O3. The highest BCUT2D eigenvalue weighted by atomic mass is 16.5. The SMILES string of the molecule is COc1c(C(C)(C)C)c(OC)c2ccccc2c1O. The maximum atomic E-state index is 10.4. The fourth-order valence-corrected chi connectivity index (χ4v) is 2.46. The van der Waals surface area contributed by atoms with E-state index in [9.17, 15) is 5.11 Å². The van der Waals surface area contributed by atoms with Gasteiger partial charge in [-0.25, -0.2) is 0 Å². The number of rotatable bonds is 2. The third-order valence-corrected chi connectivity index (χ3v) is 3.25. The van der Waals surface area contributed by atoms with E-state index in [1.165, 1.54) is 0 Å². The number of phenolic OH excluding ortho intramolecular Hbond substituents is 1. The summed E-state index contributed by atoms with van der Waals surface area (Å²) in [7, 11) is 3.21. The number of benzene rings is 2. The van der Waals surface area contributed by atoms with Crippen molar-refractivity contribution in [2.24, 2.45) is 0 Å². The van der Waals surface area contributed by atoms with Crippen molar-refractivity contribution >= 4 is 10.8 Å². The van der Waals surface area contributed by atoms with Crippen molar-refractivity contribution in [3.05, 3.63) is 29.8 Å². The highest BCUT2D eigenvalue weighted by molar-refractivity contribution is 5.97. The van der Waals surface area contributed by atoms with Crippen molar-refractivity contribution in [2.45, 2.75) is 26.2 Å². The topological polar surface area (TPSA) is 38.7 Å². The predicted octanol–water partition coefficient (Wildman–Crippen LogP) is 3.86. The molecule has 102 valence electrons. The molecule has 2 aromatic rings. The van der Waals surface area contributed by atoms with Crippen LogP contribution in [-0.4, -0.2) is 19.3 Å². The van der Waals surface area contributed by atoms with E-state index >= 15 is 0 Å². The van der Waals surface area contributed by atoms with Crippen LogP contribution in [-0.2, 0) is 5.41 Å². The van der Waals surface area contributed by atoms with Crippen molar-refractivity contribution in [1.29, 1.82) is 0 Å². The Labute approximate surface area is 113 Å². The van der Waals surface area contributed by atoms with Crippen molar-refractivity contribution < 1.29 is 14.6 Å². The molecule has 0 saturated carbocycles. The number of fused-ring (bicyclic) bond motifs is 1. The molecule has 0 bridgehead atoms. The number of hydrogen-bond donors (Lipinski definition) is 1. The van der Waals surface area contributed by atoms with Crippen LogP contribution in [0.25, 0.3) is 10.8 Å². The van der Waals surface area contributed by atoms with Crippen LogP contribution in [0, 0.1) is 0 Å². The lowest BCUT2D eigenvalue weighted by atomic mass is 9.83. The number of phenols is 1. The van der Waals surface area contributed by atoms with Crippen LogP contribution in [0.1, 0.15) is 26.3 Å². The van der Waals surface area contributed by atoms with Crippen LogP contribution in [0.15, 0.2) is 24.3 Å². The number of aromatic hydroxyl groups is 1. The minimum Gasteiger partial charge on any atom is -0.504 e. The molecule has 0 unspecified atom stereocenters. The highest BCUT2D eigenvalue weighted by Gasteiger charge is 2.28. The molecule has 0 heterocycles. The van der Waals surface area contributed by atoms with Gasteiger partial charge in [-0.3, -0.25) is 0 Å². The zero-order chi connectivity index (χ0) is 14.2. The highest BCUT2D eigenvalue weighted by Crippen LogP contribution is 2.49. The summed E-state index contributed by atoms with van der Waals surface area (Å²) in [6.07, 6.45) is 0. The van der Waals surface area contributed by atoms with Gasteiger partial charge in [0.05, 0.1) is 14.2 Å². The van der Waals surface area contributed by atoms with Gasteiger partial charge in [-0.1, -0.05) is 45.0 Å². The van der Waals surface area contributed by atoms with E-state index in [2.05, 4.69) is 20.8 Å². The summed E-state index contributed by atoms with van der Waals surface area (Å²) in [5.74, 6) is 1.42. The maximum absolute atomic E-state index is 10.4. The second kappa shape index (κ2) is 4.65. The fourth-order valence-electron chi connectivity index (χ4n) is 2.46. The Morgan fingerprint density at radius 3 is 1.89 bits per heavy atom. The number of methoxy groups -OCH3 is 2. The van der Waals surface area contributed by atoms with Crippen LogP contribution in [0.3, 0.4) is 0 Å². The zero-order valence-electron chi connectivity index (χ0n) is 12.1. The number of hydrogen-bond acceptors (Lipinski definition) is 3. The molecule has 3 heteroatoms. The van der Waals surface area contributed by atoms with E-state index in [1.807, 2.05) is 24.3 Å². The molecule has 1 N–H and O–H groups in total. The van der Waals surface area contributed by atoms with Crippen molar-refractivity contribution in [3.8, 4) is 17.2 Å². The first-order valence-electron chi connectivity index (χ1n) is 6.28. The van der Waals surface area contributed by atoms with Crippen molar-refractivity contribution in [2.75, 3.05) is 14.2 Å². The Hall–Kier alpha value is -1.90. The molecule has 0 saturated heterocycles. The van der Waals surface area contributed by atoms with E-state index in [0.717, 1.165) is 22.1 Å². The lowest BCUT2D eigenvalue weighted by molar-refractivity contribution is 0.348. The largest absolute Gasteiger partial charge is 0.504 e. The Balaban J connectivity index is 3.00. The molecule has 0 spiro atoms. The second-order valence-electron chi connectivity index (χ2n) is 5.59. The molecule has 0 fully saturated rings. The first-order valence-corrected chi connectivity index (χ1v) is 6.28. The van der Waals surface area contributed by atoms with Crippen LogP contribution >= 0.6 is 0 Å². The lowest BCUT2D eigenvalue weighted by Crippen LogP contribution is -2.15. The summed E-state index contributed by atoms with van der Waals surface area (Å²) >= 11 is 0. The van der Waals surface area contributed by atoms with Crippen LogP contribution in [0.4, 0.5) is 0 Å². The summed E-state index contributed by atoms with van der Waals surface area (Å²) in [6.45, 7) is 6.21. The van der Waals surface area contributed by atoms with Gasteiger partial charge in [-0.2, -0.15) is 0 Å². The quantitative estimate of drug-likeness (QED) is 0.891. The summed E-state index contributed by atoms with van der Waals surface area (Å²) in [5.41, 5.74) is 0.687. The van der Waals surface area contributed by atoms with E-state index in [-0.39, 0.29) is 11.2 Å². The molecule has 2 aromatic carbocycles. The average Bonchev–Trinajstić information content (AvgIpc) is 2.37. The molecular weight excluding hydrogens is 240 g/mol. The summed E-state index contributed by atoms with van der Waals surface area (Å²) in [6, 6.07) is 7.63. The van der Waals surface area contributed by atoms with Crippen LogP contribution in [0.2, 0.25) is 0 Å². The van der Waals surface area contributed by atoms with Gasteiger partial charge in [0, 0.05) is 16.3 Å².